The summed E-state index contributed by atoms with van der Waals surface area (Å²) in [5.74, 6) is -0.488. The van der Waals surface area contributed by atoms with Gasteiger partial charge in [-0.15, -0.1) is 11.3 Å². The number of aromatic nitrogens is 3. The van der Waals surface area contributed by atoms with Crippen molar-refractivity contribution in [2.24, 2.45) is 0 Å². The highest BCUT2D eigenvalue weighted by Gasteiger charge is 2.38. The number of alkyl halides is 6. The summed E-state index contributed by atoms with van der Waals surface area (Å²) in [4.78, 5) is 16.2. The van der Waals surface area contributed by atoms with Crippen molar-refractivity contribution in [3.05, 3.63) is 62.3 Å². The summed E-state index contributed by atoms with van der Waals surface area (Å²) in [7, 11) is 0. The van der Waals surface area contributed by atoms with Crippen LogP contribution in [0.1, 0.15) is 26.4 Å². The smallest absolute Gasteiger partial charge is 0.319 e. The zero-order valence-corrected chi connectivity index (χ0v) is 16.4. The van der Waals surface area contributed by atoms with Gasteiger partial charge >= 0.3 is 12.4 Å². The summed E-state index contributed by atoms with van der Waals surface area (Å²) in [5.41, 5.74) is -2.97. The van der Waals surface area contributed by atoms with Crippen LogP contribution >= 0.6 is 27.3 Å². The van der Waals surface area contributed by atoms with E-state index in [1.807, 2.05) is 0 Å². The minimum Gasteiger partial charge on any atom is -0.319 e. The van der Waals surface area contributed by atoms with Crippen molar-refractivity contribution in [1.29, 1.82) is 0 Å². The van der Waals surface area contributed by atoms with E-state index >= 15 is 0 Å². The van der Waals surface area contributed by atoms with Crippen LogP contribution in [-0.2, 0) is 18.9 Å². The maximum atomic E-state index is 13.2. The first kappa shape index (κ1) is 21.3. The lowest BCUT2D eigenvalue weighted by Crippen LogP contribution is -2.15. The molecule has 154 valence electrons. The van der Waals surface area contributed by atoms with Crippen LogP contribution in [-0.4, -0.2) is 20.7 Å². The number of nitrogens with zero attached hydrogens (tertiary/aromatic N) is 3. The Labute approximate surface area is 171 Å². The Balaban J connectivity index is 1.81. The van der Waals surface area contributed by atoms with Crippen LogP contribution in [0.5, 0.6) is 0 Å². The Morgan fingerprint density at radius 1 is 1.14 bits per heavy atom. The molecule has 2 heterocycles. The number of benzene rings is 1. The normalized spacial score (nSPS) is 12.2. The van der Waals surface area contributed by atoms with Crippen molar-refractivity contribution >= 4 is 38.9 Å². The van der Waals surface area contributed by atoms with E-state index in [9.17, 15) is 31.1 Å². The first-order chi connectivity index (χ1) is 13.4. The van der Waals surface area contributed by atoms with Gasteiger partial charge in [0.25, 0.3) is 5.91 Å². The highest BCUT2D eigenvalue weighted by molar-refractivity contribution is 9.11. The molecule has 0 unspecified atom stereocenters. The van der Waals surface area contributed by atoms with Crippen molar-refractivity contribution < 1.29 is 31.1 Å². The molecule has 1 N–H and O–H groups in total. The van der Waals surface area contributed by atoms with Gasteiger partial charge in [0.05, 0.1) is 35.8 Å². The summed E-state index contributed by atoms with van der Waals surface area (Å²) in [5, 5.41) is 6.36. The molecule has 0 spiro atoms. The molecule has 0 bridgehead atoms. The largest absolute Gasteiger partial charge is 0.416 e. The second kappa shape index (κ2) is 7.78. The Morgan fingerprint density at radius 3 is 2.45 bits per heavy atom. The van der Waals surface area contributed by atoms with Gasteiger partial charge in [0.1, 0.15) is 4.88 Å². The van der Waals surface area contributed by atoms with E-state index in [1.54, 1.807) is 0 Å². The average molecular weight is 499 g/mol. The number of anilines is 1. The molecule has 0 aliphatic heterocycles. The lowest BCUT2D eigenvalue weighted by atomic mass is 10.0. The van der Waals surface area contributed by atoms with E-state index < -0.39 is 41.5 Å². The maximum Gasteiger partial charge on any atom is 0.416 e. The van der Waals surface area contributed by atoms with Crippen LogP contribution < -0.4 is 5.32 Å². The number of carbonyl (C=O) groups is 1. The quantitative estimate of drug-likeness (QED) is 0.487. The minimum absolute atomic E-state index is 0.0726. The minimum atomic E-state index is -4.97. The summed E-state index contributed by atoms with van der Waals surface area (Å²) >= 11 is 4.20. The highest BCUT2D eigenvalue weighted by Crippen LogP contribution is 2.37. The predicted molar refractivity (Wildman–Crippen MR) is 95.5 cm³/mol. The van der Waals surface area contributed by atoms with Crippen LogP contribution in [0.2, 0.25) is 0 Å². The van der Waals surface area contributed by atoms with Gasteiger partial charge in [-0.05, 0) is 33.6 Å². The van der Waals surface area contributed by atoms with Gasteiger partial charge in [-0.25, -0.2) is 4.98 Å². The number of rotatable bonds is 4. The van der Waals surface area contributed by atoms with Gasteiger partial charge in [-0.3, -0.25) is 9.48 Å². The zero-order chi connectivity index (χ0) is 21.4. The Kier molecular flexibility index (Phi) is 5.72. The van der Waals surface area contributed by atoms with Crippen LogP contribution in [0, 0.1) is 0 Å². The summed E-state index contributed by atoms with van der Waals surface area (Å²) in [6.45, 7) is -0.436. The average Bonchev–Trinajstić information content (AvgIpc) is 3.22. The van der Waals surface area contributed by atoms with Gasteiger partial charge in [0.2, 0.25) is 0 Å². The highest BCUT2D eigenvalue weighted by atomic mass is 79.9. The standard InChI is InChI=1S/C16H9BrF6N4OS/c17-14-24-5-12(29-14)13(28)26-10-4-25-27(7-10)6-8-1-2-9(15(18,19)20)3-11(8)16(21,22)23/h1-5,7H,6H2,(H,26,28). The molecule has 5 nitrogen and oxygen atoms in total. The predicted octanol–water partition coefficient (Wildman–Crippen LogP) is 5.44. The van der Waals surface area contributed by atoms with Crippen LogP contribution in [0.3, 0.4) is 0 Å². The van der Waals surface area contributed by atoms with Crippen LogP contribution in [0.4, 0.5) is 32.0 Å². The molecule has 3 rings (SSSR count). The number of thiazole rings is 1. The molecular formula is C16H9BrF6N4OS. The fourth-order valence-electron chi connectivity index (χ4n) is 2.39. The van der Waals surface area contributed by atoms with Gasteiger partial charge in [-0.2, -0.15) is 31.4 Å². The second-order valence-corrected chi connectivity index (χ2v) is 8.03. The van der Waals surface area contributed by atoms with Crippen LogP contribution in [0.15, 0.2) is 40.7 Å². The molecule has 3 aromatic rings. The second-order valence-electron chi connectivity index (χ2n) is 5.73. The van der Waals surface area contributed by atoms with E-state index in [0.29, 0.717) is 14.9 Å². The number of hydrogen-bond donors (Lipinski definition) is 1. The van der Waals surface area contributed by atoms with Crippen molar-refractivity contribution in [1.82, 2.24) is 14.8 Å². The van der Waals surface area contributed by atoms with E-state index in [0.717, 1.165) is 22.1 Å². The molecule has 1 amide bonds. The van der Waals surface area contributed by atoms with Gasteiger partial charge in [0.15, 0.2) is 3.92 Å². The molecule has 1 aromatic carbocycles. The molecule has 0 radical (unpaired) electrons. The first-order valence-corrected chi connectivity index (χ1v) is 9.27. The van der Waals surface area contributed by atoms with Crippen molar-refractivity contribution in [3.63, 3.8) is 0 Å². The molecule has 29 heavy (non-hydrogen) atoms. The van der Waals surface area contributed by atoms with Gasteiger partial charge in [-0.1, -0.05) is 6.07 Å². The Morgan fingerprint density at radius 2 is 1.86 bits per heavy atom. The Hall–Kier alpha value is -2.41. The molecule has 0 atom stereocenters. The van der Waals surface area contributed by atoms with Gasteiger partial charge < -0.3 is 5.32 Å². The lowest BCUT2D eigenvalue weighted by Gasteiger charge is -2.16. The van der Waals surface area contributed by atoms with E-state index in [2.05, 4.69) is 31.3 Å². The molecular weight excluding hydrogens is 490 g/mol. The summed E-state index contributed by atoms with van der Waals surface area (Å²) in [6.07, 6.45) is -6.04. The van der Waals surface area contributed by atoms with E-state index in [4.69, 9.17) is 0 Å². The lowest BCUT2D eigenvalue weighted by molar-refractivity contribution is -0.143. The number of halogens is 7. The topological polar surface area (TPSA) is 59.8 Å². The molecule has 13 heteroatoms. The number of carbonyl (C=O) groups excluding carboxylic acids is 1. The molecule has 0 fully saturated rings. The fourth-order valence-corrected chi connectivity index (χ4v) is 3.56. The number of amides is 1. The summed E-state index contributed by atoms with van der Waals surface area (Å²) in [6, 6.07) is 1.42. The third-order valence-corrected chi connectivity index (χ3v) is 5.14. The SMILES string of the molecule is O=C(Nc1cnn(Cc2ccc(C(F)(F)F)cc2C(F)(F)F)c1)c1cnc(Br)s1. The molecule has 0 aliphatic rings. The Bertz CT molecular complexity index is 1040. The van der Waals surface area contributed by atoms with E-state index in [-0.39, 0.29) is 11.8 Å². The fraction of sp³-hybridized carbons (Fsp3) is 0.188. The molecule has 0 saturated carbocycles. The zero-order valence-electron chi connectivity index (χ0n) is 14.0. The van der Waals surface area contributed by atoms with E-state index in [1.165, 1.54) is 18.6 Å². The van der Waals surface area contributed by atoms with Crippen molar-refractivity contribution in [2.75, 3.05) is 5.32 Å². The first-order valence-electron chi connectivity index (χ1n) is 7.66. The third kappa shape index (κ3) is 5.15. The van der Waals surface area contributed by atoms with Gasteiger partial charge in [0, 0.05) is 6.20 Å². The third-order valence-electron chi connectivity index (χ3n) is 3.67. The van der Waals surface area contributed by atoms with Crippen molar-refractivity contribution in [2.45, 2.75) is 18.9 Å². The summed E-state index contributed by atoms with van der Waals surface area (Å²) < 4.78 is 79.5. The molecule has 0 saturated heterocycles. The van der Waals surface area contributed by atoms with Crippen molar-refractivity contribution in [3.8, 4) is 0 Å². The monoisotopic (exact) mass is 498 g/mol. The molecule has 2 aromatic heterocycles. The number of nitrogens with one attached hydrogen (secondary N) is 1. The number of hydrogen-bond acceptors (Lipinski definition) is 4. The molecule has 0 aliphatic carbocycles. The van der Waals surface area contributed by atoms with Crippen LogP contribution in [0.25, 0.3) is 0 Å². The maximum absolute atomic E-state index is 13.2.